The molecule has 1 N–H and O–H groups in total. The molecule has 1 aromatic heterocycles. The Kier molecular flexibility index (Phi) is 6.09. The summed E-state index contributed by atoms with van der Waals surface area (Å²) in [4.78, 5) is 8.59. The van der Waals surface area contributed by atoms with Crippen LogP contribution in [0.5, 0.6) is 5.75 Å². The molecule has 0 spiro atoms. The van der Waals surface area contributed by atoms with Crippen molar-refractivity contribution >= 4 is 15.8 Å². The van der Waals surface area contributed by atoms with Crippen molar-refractivity contribution < 1.29 is 17.5 Å². The van der Waals surface area contributed by atoms with Crippen molar-refractivity contribution in [3.63, 3.8) is 0 Å². The Morgan fingerprint density at radius 3 is 2.48 bits per heavy atom. The van der Waals surface area contributed by atoms with Gasteiger partial charge in [-0.05, 0) is 51.3 Å². The van der Waals surface area contributed by atoms with Crippen LogP contribution in [0.25, 0.3) is 0 Å². The minimum atomic E-state index is -3.76. The molecule has 2 aromatic rings. The highest BCUT2D eigenvalue weighted by atomic mass is 32.2. The van der Waals surface area contributed by atoms with E-state index in [1.807, 2.05) is 13.8 Å². The second-order valence-electron chi connectivity index (χ2n) is 7.50. The largest absolute Gasteiger partial charge is 0.495 e. The van der Waals surface area contributed by atoms with Gasteiger partial charge >= 0.3 is 0 Å². The molecule has 0 atom stereocenters. The zero-order valence-electron chi connectivity index (χ0n) is 17.2. The van der Waals surface area contributed by atoms with Crippen LogP contribution in [0, 0.1) is 20.8 Å². The summed E-state index contributed by atoms with van der Waals surface area (Å²) in [5.74, 6) is 1.49. The van der Waals surface area contributed by atoms with Gasteiger partial charge in [0.25, 0.3) is 0 Å². The predicted octanol–water partition coefficient (Wildman–Crippen LogP) is 3.02. The van der Waals surface area contributed by atoms with Crippen LogP contribution in [0.4, 0.5) is 10.2 Å². The number of hydrogen-bond acceptors (Lipinski definition) is 6. The summed E-state index contributed by atoms with van der Waals surface area (Å²) >= 11 is 0. The maximum Gasteiger partial charge on any atom is 0.246 e. The lowest BCUT2D eigenvalue weighted by atomic mass is 9.94. The standard InChI is InChI=1S/C20H27FN4O3S/c1-14-5-6-17(28-4)18(11-14)29(26,27)25-9-7-20(21,8-10-25)13-22-19-12-15(2)23-16(3)24-19/h5-6,11-12H,7-10,13H2,1-4H3,(H,22,23,24). The summed E-state index contributed by atoms with van der Waals surface area (Å²) in [6.45, 7) is 5.76. The summed E-state index contributed by atoms with van der Waals surface area (Å²) < 4.78 is 48.0. The van der Waals surface area contributed by atoms with E-state index in [4.69, 9.17) is 4.74 Å². The quantitative estimate of drug-likeness (QED) is 0.770. The molecule has 0 saturated carbocycles. The number of hydrogen-bond donors (Lipinski definition) is 1. The molecule has 158 valence electrons. The van der Waals surface area contributed by atoms with Gasteiger partial charge in [-0.1, -0.05) is 6.07 Å². The molecule has 3 rings (SSSR count). The van der Waals surface area contributed by atoms with Gasteiger partial charge in [-0.2, -0.15) is 4.31 Å². The third kappa shape index (κ3) is 4.84. The Balaban J connectivity index is 1.68. The zero-order valence-corrected chi connectivity index (χ0v) is 18.0. The monoisotopic (exact) mass is 422 g/mol. The van der Waals surface area contributed by atoms with Gasteiger partial charge in [-0.15, -0.1) is 0 Å². The first-order chi connectivity index (χ1) is 13.6. The lowest BCUT2D eigenvalue weighted by Crippen LogP contribution is -2.47. The number of rotatable bonds is 6. The van der Waals surface area contributed by atoms with Crippen molar-refractivity contribution in [1.29, 1.82) is 0 Å². The average molecular weight is 423 g/mol. The second kappa shape index (κ2) is 8.23. The van der Waals surface area contributed by atoms with E-state index in [1.165, 1.54) is 11.4 Å². The maximum atomic E-state index is 15.3. The lowest BCUT2D eigenvalue weighted by molar-refractivity contribution is 0.102. The van der Waals surface area contributed by atoms with Gasteiger partial charge in [0.05, 0.1) is 13.7 Å². The molecule has 1 aliphatic rings. The fraction of sp³-hybridized carbons (Fsp3) is 0.500. The van der Waals surface area contributed by atoms with Gasteiger partial charge in [0, 0.05) is 24.8 Å². The minimum Gasteiger partial charge on any atom is -0.495 e. The van der Waals surface area contributed by atoms with Crippen LogP contribution >= 0.6 is 0 Å². The number of nitrogens with zero attached hydrogens (tertiary/aromatic N) is 3. The van der Waals surface area contributed by atoms with E-state index in [9.17, 15) is 8.42 Å². The Morgan fingerprint density at radius 2 is 1.86 bits per heavy atom. The number of halogens is 1. The van der Waals surface area contributed by atoms with Crippen LogP contribution in [0.2, 0.25) is 0 Å². The van der Waals surface area contributed by atoms with Crippen molar-refractivity contribution in [3.05, 3.63) is 41.3 Å². The van der Waals surface area contributed by atoms with Crippen LogP contribution in [0.15, 0.2) is 29.2 Å². The summed E-state index contributed by atoms with van der Waals surface area (Å²) in [5, 5.41) is 3.03. The predicted molar refractivity (Wildman–Crippen MR) is 110 cm³/mol. The molecule has 7 nitrogen and oxygen atoms in total. The molecule has 29 heavy (non-hydrogen) atoms. The van der Waals surface area contributed by atoms with E-state index < -0.39 is 15.7 Å². The zero-order chi connectivity index (χ0) is 21.2. The number of nitrogens with one attached hydrogen (secondary N) is 1. The fourth-order valence-electron chi connectivity index (χ4n) is 3.49. The SMILES string of the molecule is COc1ccc(C)cc1S(=O)(=O)N1CCC(F)(CNc2cc(C)nc(C)n2)CC1. The summed E-state index contributed by atoms with van der Waals surface area (Å²) in [7, 11) is -2.32. The van der Waals surface area contributed by atoms with E-state index in [0.717, 1.165) is 11.3 Å². The average Bonchev–Trinajstić information content (AvgIpc) is 2.66. The Labute approximate surface area is 171 Å². The molecule has 0 bridgehead atoms. The highest BCUT2D eigenvalue weighted by Gasteiger charge is 2.39. The lowest BCUT2D eigenvalue weighted by Gasteiger charge is -2.36. The molecule has 9 heteroatoms. The number of benzene rings is 1. The van der Waals surface area contributed by atoms with Crippen LogP contribution in [0.3, 0.4) is 0 Å². The number of ether oxygens (including phenoxy) is 1. The van der Waals surface area contributed by atoms with E-state index in [1.54, 1.807) is 31.2 Å². The van der Waals surface area contributed by atoms with Crippen LogP contribution in [-0.2, 0) is 10.0 Å². The first kappa shape index (κ1) is 21.4. The number of methoxy groups -OCH3 is 1. The number of anilines is 1. The number of alkyl halides is 1. The molecular weight excluding hydrogens is 395 g/mol. The van der Waals surface area contributed by atoms with E-state index in [0.29, 0.717) is 17.4 Å². The van der Waals surface area contributed by atoms with Gasteiger partial charge in [-0.3, -0.25) is 0 Å². The van der Waals surface area contributed by atoms with Gasteiger partial charge in [-0.25, -0.2) is 22.8 Å². The number of piperidine rings is 1. The normalized spacial score (nSPS) is 17.1. The second-order valence-corrected chi connectivity index (χ2v) is 9.41. The maximum absolute atomic E-state index is 15.3. The van der Waals surface area contributed by atoms with E-state index >= 15 is 4.39 Å². The Hall–Kier alpha value is -2.26. The fourth-order valence-corrected chi connectivity index (χ4v) is 5.17. The van der Waals surface area contributed by atoms with Gasteiger partial charge in [0.15, 0.2) is 0 Å². The molecular formula is C20H27FN4O3S. The first-order valence-corrected chi connectivity index (χ1v) is 11.0. The molecule has 0 amide bonds. The third-order valence-corrected chi connectivity index (χ3v) is 7.03. The molecule has 0 radical (unpaired) electrons. The van der Waals surface area contributed by atoms with Gasteiger partial charge in [0.1, 0.15) is 28.0 Å². The molecule has 1 fully saturated rings. The van der Waals surface area contributed by atoms with Gasteiger partial charge in [0.2, 0.25) is 10.0 Å². The van der Waals surface area contributed by atoms with Crippen LogP contribution < -0.4 is 10.1 Å². The first-order valence-electron chi connectivity index (χ1n) is 9.53. The van der Waals surface area contributed by atoms with Crippen molar-refractivity contribution in [2.24, 2.45) is 0 Å². The van der Waals surface area contributed by atoms with E-state index in [2.05, 4.69) is 15.3 Å². The summed E-state index contributed by atoms with van der Waals surface area (Å²) in [5.41, 5.74) is 0.122. The van der Waals surface area contributed by atoms with Crippen LogP contribution in [-0.4, -0.2) is 55.1 Å². The van der Waals surface area contributed by atoms with E-state index in [-0.39, 0.29) is 37.4 Å². The summed E-state index contributed by atoms with van der Waals surface area (Å²) in [6, 6.07) is 6.79. The van der Waals surface area contributed by atoms with Crippen molar-refractivity contribution in [3.8, 4) is 5.75 Å². The minimum absolute atomic E-state index is 0.0740. The van der Waals surface area contributed by atoms with Crippen molar-refractivity contribution in [2.75, 3.05) is 32.1 Å². The Morgan fingerprint density at radius 1 is 1.17 bits per heavy atom. The molecule has 2 heterocycles. The smallest absolute Gasteiger partial charge is 0.246 e. The topological polar surface area (TPSA) is 84.4 Å². The molecule has 1 saturated heterocycles. The Bertz CT molecular complexity index is 969. The molecule has 1 aromatic carbocycles. The third-order valence-electron chi connectivity index (χ3n) is 5.11. The number of sulfonamides is 1. The molecule has 1 aliphatic heterocycles. The van der Waals surface area contributed by atoms with Crippen molar-refractivity contribution in [1.82, 2.24) is 14.3 Å². The molecule has 0 unspecified atom stereocenters. The highest BCUT2D eigenvalue weighted by Crippen LogP contribution is 2.33. The highest BCUT2D eigenvalue weighted by molar-refractivity contribution is 7.89. The van der Waals surface area contributed by atoms with Crippen molar-refractivity contribution in [2.45, 2.75) is 44.2 Å². The van der Waals surface area contributed by atoms with Crippen LogP contribution in [0.1, 0.15) is 29.9 Å². The molecule has 0 aliphatic carbocycles. The number of aromatic nitrogens is 2. The number of aryl methyl sites for hydroxylation is 3. The van der Waals surface area contributed by atoms with Gasteiger partial charge < -0.3 is 10.1 Å². The summed E-state index contributed by atoms with van der Waals surface area (Å²) in [6.07, 6.45) is 0.215.